The van der Waals surface area contributed by atoms with Crippen molar-refractivity contribution in [1.82, 2.24) is 10.0 Å². The monoisotopic (exact) mass is 434 g/mol. The summed E-state index contributed by atoms with van der Waals surface area (Å²) in [6.07, 6.45) is -0.943. The zero-order valence-corrected chi connectivity index (χ0v) is 17.9. The fourth-order valence-corrected chi connectivity index (χ4v) is 3.93. The summed E-state index contributed by atoms with van der Waals surface area (Å²) in [5.41, 5.74) is 2.28. The van der Waals surface area contributed by atoms with Crippen LogP contribution in [0.2, 0.25) is 0 Å². The van der Waals surface area contributed by atoms with Crippen molar-refractivity contribution in [1.29, 1.82) is 0 Å². The minimum Gasteiger partial charge on any atom is -0.507 e. The number of fused-ring (bicyclic) bond motifs is 1. The average molecular weight is 435 g/mol. The predicted octanol–water partition coefficient (Wildman–Crippen LogP) is 2.37. The van der Waals surface area contributed by atoms with E-state index < -0.39 is 16.1 Å². The van der Waals surface area contributed by atoms with Crippen molar-refractivity contribution >= 4 is 21.0 Å². The zero-order valence-electron chi connectivity index (χ0n) is 17.1. The van der Waals surface area contributed by atoms with Crippen molar-refractivity contribution in [3.8, 4) is 11.5 Å². The number of phenols is 1. The number of sulfonamides is 1. The van der Waals surface area contributed by atoms with Crippen molar-refractivity contribution in [2.75, 3.05) is 26.7 Å². The molecule has 0 saturated carbocycles. The van der Waals surface area contributed by atoms with Crippen molar-refractivity contribution in [3.05, 3.63) is 53.3 Å². The number of rotatable bonds is 9. The lowest BCUT2D eigenvalue weighted by Gasteiger charge is -2.14. The topological polar surface area (TPSA) is 121 Å². The lowest BCUT2D eigenvalue weighted by Crippen LogP contribution is -2.26. The van der Waals surface area contributed by atoms with Crippen LogP contribution in [0.3, 0.4) is 0 Å². The largest absolute Gasteiger partial charge is 0.507 e. The minimum atomic E-state index is -3.82. The van der Waals surface area contributed by atoms with E-state index in [2.05, 4.69) is 10.0 Å². The SMILES string of the molecule is CNS(=O)(=O)c1cc(C(O)CNCCOc2ccc3c(C)c(C)oc3c2)ccc1O. The van der Waals surface area contributed by atoms with Gasteiger partial charge in [-0.25, -0.2) is 13.1 Å². The summed E-state index contributed by atoms with van der Waals surface area (Å²) in [5, 5.41) is 24.2. The lowest BCUT2D eigenvalue weighted by atomic mass is 10.1. The quantitative estimate of drug-likeness (QED) is 0.382. The van der Waals surface area contributed by atoms with Crippen LogP contribution in [-0.4, -0.2) is 45.4 Å². The highest BCUT2D eigenvalue weighted by molar-refractivity contribution is 7.89. The standard InChI is InChI=1S/C21H26N2O6S/c1-13-14(2)29-20-11-16(5-6-17(13)20)28-9-8-23-12-19(25)15-4-7-18(24)21(10-15)30(26,27)22-3/h4-7,10-11,19,22-25H,8-9,12H2,1-3H3. The Morgan fingerprint density at radius 3 is 2.67 bits per heavy atom. The Bertz CT molecular complexity index is 1140. The summed E-state index contributed by atoms with van der Waals surface area (Å²) in [7, 11) is -2.57. The summed E-state index contributed by atoms with van der Waals surface area (Å²) in [6.45, 7) is 5.00. The van der Waals surface area contributed by atoms with Gasteiger partial charge in [-0.15, -0.1) is 0 Å². The van der Waals surface area contributed by atoms with Gasteiger partial charge in [0.05, 0.1) is 6.10 Å². The Labute approximate surface area is 175 Å². The smallest absolute Gasteiger partial charge is 0.243 e. The molecule has 9 heteroatoms. The van der Waals surface area contributed by atoms with E-state index in [4.69, 9.17) is 9.15 Å². The number of benzene rings is 2. The molecule has 3 aromatic rings. The summed E-state index contributed by atoms with van der Waals surface area (Å²) in [6, 6.07) is 9.70. The fraction of sp³-hybridized carbons (Fsp3) is 0.333. The summed E-state index contributed by atoms with van der Waals surface area (Å²) in [5.74, 6) is 1.21. The van der Waals surface area contributed by atoms with E-state index >= 15 is 0 Å². The molecule has 1 atom stereocenters. The van der Waals surface area contributed by atoms with Gasteiger partial charge in [-0.3, -0.25) is 0 Å². The van der Waals surface area contributed by atoms with Gasteiger partial charge in [-0.2, -0.15) is 0 Å². The molecule has 0 bridgehead atoms. The molecule has 0 aliphatic heterocycles. The molecule has 0 fully saturated rings. The molecular weight excluding hydrogens is 408 g/mol. The minimum absolute atomic E-state index is 0.197. The Balaban J connectivity index is 1.51. The number of aliphatic hydroxyl groups excluding tert-OH is 1. The maximum absolute atomic E-state index is 11.9. The highest BCUT2D eigenvalue weighted by atomic mass is 32.2. The van der Waals surface area contributed by atoms with Gasteiger partial charge in [0.25, 0.3) is 0 Å². The maximum Gasteiger partial charge on any atom is 0.243 e. The average Bonchev–Trinajstić information content (AvgIpc) is 3.01. The third kappa shape index (κ3) is 4.76. The summed E-state index contributed by atoms with van der Waals surface area (Å²) >= 11 is 0. The first-order chi connectivity index (χ1) is 14.2. The first-order valence-corrected chi connectivity index (χ1v) is 11.0. The van der Waals surface area contributed by atoms with Crippen molar-refractivity contribution in [3.63, 3.8) is 0 Å². The maximum atomic E-state index is 11.9. The first kappa shape index (κ1) is 22.1. The predicted molar refractivity (Wildman–Crippen MR) is 113 cm³/mol. The first-order valence-electron chi connectivity index (χ1n) is 9.50. The number of aliphatic hydroxyl groups is 1. The molecule has 30 heavy (non-hydrogen) atoms. The molecule has 0 aliphatic rings. The van der Waals surface area contributed by atoms with Gasteiger partial charge in [0.2, 0.25) is 10.0 Å². The van der Waals surface area contributed by atoms with E-state index in [0.717, 1.165) is 22.3 Å². The second-order valence-corrected chi connectivity index (χ2v) is 8.80. The fourth-order valence-electron chi connectivity index (χ4n) is 3.08. The number of ether oxygens (including phenoxy) is 1. The van der Waals surface area contributed by atoms with Crippen LogP contribution in [-0.2, 0) is 10.0 Å². The number of aryl methyl sites for hydroxylation is 2. The second kappa shape index (κ2) is 9.05. The molecule has 2 aromatic carbocycles. The number of hydrogen-bond acceptors (Lipinski definition) is 7. The number of furan rings is 1. The molecule has 0 spiro atoms. The molecule has 8 nitrogen and oxygen atoms in total. The van der Waals surface area contributed by atoms with Crippen LogP contribution in [0.1, 0.15) is 23.0 Å². The molecular formula is C21H26N2O6S. The summed E-state index contributed by atoms with van der Waals surface area (Å²) < 4.78 is 37.5. The number of aromatic hydroxyl groups is 1. The van der Waals surface area contributed by atoms with E-state index in [9.17, 15) is 18.6 Å². The molecule has 0 saturated heterocycles. The number of nitrogens with one attached hydrogen (secondary N) is 2. The van der Waals surface area contributed by atoms with E-state index in [-0.39, 0.29) is 17.2 Å². The van der Waals surface area contributed by atoms with Gasteiger partial charge in [0, 0.05) is 24.5 Å². The summed E-state index contributed by atoms with van der Waals surface area (Å²) in [4.78, 5) is -0.274. The van der Waals surface area contributed by atoms with Crippen LogP contribution < -0.4 is 14.8 Å². The molecule has 162 valence electrons. The van der Waals surface area contributed by atoms with Crippen LogP contribution in [0.15, 0.2) is 45.7 Å². The van der Waals surface area contributed by atoms with Gasteiger partial charge in [0.1, 0.15) is 34.3 Å². The van der Waals surface area contributed by atoms with Crippen molar-refractivity contribution in [2.24, 2.45) is 0 Å². The van der Waals surface area contributed by atoms with Crippen LogP contribution in [0, 0.1) is 13.8 Å². The molecule has 3 rings (SSSR count). The highest BCUT2D eigenvalue weighted by Gasteiger charge is 2.19. The van der Waals surface area contributed by atoms with Crippen LogP contribution in [0.5, 0.6) is 11.5 Å². The van der Waals surface area contributed by atoms with Crippen LogP contribution in [0.25, 0.3) is 11.0 Å². The Morgan fingerprint density at radius 2 is 1.93 bits per heavy atom. The Hall–Kier alpha value is -2.59. The van der Waals surface area contributed by atoms with E-state index in [1.165, 1.54) is 25.2 Å². The van der Waals surface area contributed by atoms with Gasteiger partial charge in [-0.1, -0.05) is 6.07 Å². The van der Waals surface area contributed by atoms with E-state index in [1.807, 2.05) is 32.0 Å². The molecule has 1 heterocycles. The third-order valence-corrected chi connectivity index (χ3v) is 6.40. The molecule has 0 aliphatic carbocycles. The molecule has 1 aromatic heterocycles. The second-order valence-electron chi connectivity index (χ2n) is 6.94. The Kier molecular flexibility index (Phi) is 6.67. The van der Waals surface area contributed by atoms with Crippen LogP contribution in [0.4, 0.5) is 0 Å². The zero-order chi connectivity index (χ0) is 21.9. The molecule has 1 unspecified atom stereocenters. The number of hydrogen-bond donors (Lipinski definition) is 4. The van der Waals surface area contributed by atoms with Gasteiger partial charge < -0.3 is 24.7 Å². The highest BCUT2D eigenvalue weighted by Crippen LogP contribution is 2.28. The Morgan fingerprint density at radius 1 is 1.17 bits per heavy atom. The van der Waals surface area contributed by atoms with Crippen LogP contribution >= 0.6 is 0 Å². The third-order valence-electron chi connectivity index (χ3n) is 4.96. The molecule has 4 N–H and O–H groups in total. The molecule has 0 radical (unpaired) electrons. The van der Waals surface area contributed by atoms with Gasteiger partial charge in [0.15, 0.2) is 0 Å². The van der Waals surface area contributed by atoms with Crippen molar-refractivity contribution in [2.45, 2.75) is 24.8 Å². The van der Waals surface area contributed by atoms with Gasteiger partial charge >= 0.3 is 0 Å². The molecule has 0 amide bonds. The lowest BCUT2D eigenvalue weighted by molar-refractivity contribution is 0.171. The normalized spacial score (nSPS) is 12.9. The van der Waals surface area contributed by atoms with Crippen molar-refractivity contribution < 1.29 is 27.8 Å². The van der Waals surface area contributed by atoms with E-state index in [0.29, 0.717) is 24.5 Å². The number of phenolic OH excluding ortho intramolecular Hbond substituents is 1. The van der Waals surface area contributed by atoms with E-state index in [1.54, 1.807) is 0 Å². The van der Waals surface area contributed by atoms with Gasteiger partial charge in [-0.05, 0) is 56.3 Å².